The number of nitrogens with zero attached hydrogens (tertiary/aromatic N) is 2. The van der Waals surface area contributed by atoms with Crippen LogP contribution in [0, 0.1) is 10.8 Å². The second-order valence-electron chi connectivity index (χ2n) is 18.3. The molecule has 7 nitrogen and oxygen atoms in total. The molecule has 0 saturated carbocycles. The Labute approximate surface area is 358 Å². The van der Waals surface area contributed by atoms with E-state index in [0.717, 1.165) is 54.6 Å². The highest BCUT2D eigenvalue weighted by molar-refractivity contribution is 6.01. The number of hydrogen-bond donors (Lipinski definition) is 0. The van der Waals surface area contributed by atoms with Gasteiger partial charge in [0.15, 0.2) is 11.9 Å². The molecule has 2 aliphatic rings. The van der Waals surface area contributed by atoms with E-state index in [-0.39, 0.29) is 34.7 Å². The zero-order valence-corrected chi connectivity index (χ0v) is 39.0. The standard InChI is InChI=1S/C52H76N2O5/c1-38(23-17-25-40(3)29-31-45-42(5)35-44(36-51(45,7)8)58-48(55)27-19-33-53(11)12)21-15-16-22-39(2)24-18-26-41(4)30-32-46-43(6)50(57)47(37-52(46,9)10)59-49(56)28-20-34-54(13)14/h15-18,21-26,29-32,44,47H,19-20,27-28,33-37H2,1-14H3/b16-15+,23-17+,24-18+,31-29+,32-30+,38-21+,39-22+,40-25+,41-26+. The third-order valence-electron chi connectivity index (χ3n) is 10.8. The summed E-state index contributed by atoms with van der Waals surface area (Å²) in [4.78, 5) is 42.1. The van der Waals surface area contributed by atoms with Crippen LogP contribution in [0.5, 0.6) is 0 Å². The number of rotatable bonds is 20. The largest absolute Gasteiger partial charge is 0.462 e. The van der Waals surface area contributed by atoms with Gasteiger partial charge in [-0.2, -0.15) is 0 Å². The van der Waals surface area contributed by atoms with Gasteiger partial charge in [0.2, 0.25) is 0 Å². The molecule has 0 heterocycles. The van der Waals surface area contributed by atoms with Gasteiger partial charge in [0.05, 0.1) is 0 Å². The number of ketones is 1. The van der Waals surface area contributed by atoms with Gasteiger partial charge in [-0.3, -0.25) is 14.4 Å². The van der Waals surface area contributed by atoms with Gasteiger partial charge in [-0.1, -0.05) is 141 Å². The molecule has 0 N–H and O–H groups in total. The molecular weight excluding hydrogens is 733 g/mol. The lowest BCUT2D eigenvalue weighted by atomic mass is 9.71. The summed E-state index contributed by atoms with van der Waals surface area (Å²) in [6, 6.07) is 0. The Hall–Kier alpha value is -4.33. The Morgan fingerprint density at radius 2 is 1.05 bits per heavy atom. The minimum atomic E-state index is -0.726. The van der Waals surface area contributed by atoms with Gasteiger partial charge in [0.25, 0.3) is 0 Å². The summed E-state index contributed by atoms with van der Waals surface area (Å²) in [6.07, 6.45) is 32.8. The van der Waals surface area contributed by atoms with E-state index in [1.165, 1.54) is 16.7 Å². The Kier molecular flexibility index (Phi) is 21.3. The van der Waals surface area contributed by atoms with Crippen molar-refractivity contribution in [1.29, 1.82) is 0 Å². The highest BCUT2D eigenvalue weighted by Crippen LogP contribution is 2.43. The van der Waals surface area contributed by atoms with E-state index < -0.39 is 6.10 Å². The lowest BCUT2D eigenvalue weighted by Gasteiger charge is -2.37. The maximum absolute atomic E-state index is 13.2. The zero-order chi connectivity index (χ0) is 44.3. The highest BCUT2D eigenvalue weighted by atomic mass is 16.5. The predicted molar refractivity (Wildman–Crippen MR) is 248 cm³/mol. The fourth-order valence-electron chi connectivity index (χ4n) is 7.54. The van der Waals surface area contributed by atoms with Gasteiger partial charge in [-0.15, -0.1) is 0 Å². The van der Waals surface area contributed by atoms with Gasteiger partial charge < -0.3 is 19.3 Å². The van der Waals surface area contributed by atoms with Crippen LogP contribution in [0.4, 0.5) is 0 Å². The molecule has 0 bridgehead atoms. The molecule has 0 radical (unpaired) electrons. The number of carbonyl (C=O) groups excluding carboxylic acids is 3. The molecule has 0 spiro atoms. The lowest BCUT2D eigenvalue weighted by Crippen LogP contribution is -2.39. The molecule has 324 valence electrons. The monoisotopic (exact) mass is 809 g/mol. The van der Waals surface area contributed by atoms with E-state index in [2.05, 4.69) is 115 Å². The summed E-state index contributed by atoms with van der Waals surface area (Å²) < 4.78 is 11.5. The first-order valence-electron chi connectivity index (χ1n) is 21.3. The van der Waals surface area contributed by atoms with Crippen molar-refractivity contribution in [3.63, 3.8) is 0 Å². The SMILES string of the molecule is CC1=C(/C=C/C(C)=C/C=C/C(C)=C/C=C/C=C(C)/C=C/C=C(C)/C=C/C2=C(C)C(=O)C(OC(=O)CCCN(C)C)CC2(C)C)C(C)(C)CC(OC(=O)CCCN(C)C)C1. The number of allylic oxidation sites excluding steroid dienone is 20. The second kappa shape index (κ2) is 24.7. The normalized spacial score (nSPS) is 21.3. The molecule has 0 amide bonds. The molecule has 7 heteroatoms. The maximum Gasteiger partial charge on any atom is 0.306 e. The van der Waals surface area contributed by atoms with Crippen molar-refractivity contribution in [2.45, 2.75) is 126 Å². The van der Waals surface area contributed by atoms with Crippen molar-refractivity contribution in [2.75, 3.05) is 41.3 Å². The van der Waals surface area contributed by atoms with E-state index in [4.69, 9.17) is 9.47 Å². The topological polar surface area (TPSA) is 76.1 Å². The van der Waals surface area contributed by atoms with Gasteiger partial charge >= 0.3 is 11.9 Å². The number of ether oxygens (including phenoxy) is 2. The molecule has 0 saturated heterocycles. The molecule has 2 rings (SSSR count). The van der Waals surface area contributed by atoms with Crippen molar-refractivity contribution in [1.82, 2.24) is 9.80 Å². The quantitative estimate of drug-likeness (QED) is 0.0895. The van der Waals surface area contributed by atoms with Crippen molar-refractivity contribution in [3.8, 4) is 0 Å². The first kappa shape index (κ1) is 50.8. The summed E-state index contributed by atoms with van der Waals surface area (Å²) in [5.74, 6) is -0.502. The van der Waals surface area contributed by atoms with Crippen LogP contribution >= 0.6 is 0 Å². The van der Waals surface area contributed by atoms with E-state index in [1.807, 2.05) is 77.3 Å². The number of Topliss-reactive ketones (excluding diaryl/α,β-unsaturated/α-hetero) is 1. The van der Waals surface area contributed by atoms with Crippen molar-refractivity contribution in [3.05, 3.63) is 130 Å². The number of carbonyl (C=O) groups is 3. The third kappa shape index (κ3) is 19.1. The number of hydrogen-bond acceptors (Lipinski definition) is 7. The summed E-state index contributed by atoms with van der Waals surface area (Å²) in [5.41, 5.74) is 8.38. The predicted octanol–water partition coefficient (Wildman–Crippen LogP) is 11.5. The van der Waals surface area contributed by atoms with Gasteiger partial charge in [-0.05, 0) is 130 Å². The Balaban J connectivity index is 1.92. The summed E-state index contributed by atoms with van der Waals surface area (Å²) in [7, 11) is 7.98. The molecule has 59 heavy (non-hydrogen) atoms. The van der Waals surface area contributed by atoms with Crippen LogP contribution in [0.1, 0.15) is 114 Å². The van der Waals surface area contributed by atoms with Gasteiger partial charge in [0.1, 0.15) is 6.10 Å². The Morgan fingerprint density at radius 3 is 1.53 bits per heavy atom. The average molecular weight is 809 g/mol. The summed E-state index contributed by atoms with van der Waals surface area (Å²) in [6.45, 7) is 22.7. The van der Waals surface area contributed by atoms with Gasteiger partial charge in [0, 0.05) is 25.7 Å². The molecule has 0 aromatic heterocycles. The number of esters is 2. The molecular formula is C52H76N2O5. The highest BCUT2D eigenvalue weighted by Gasteiger charge is 2.40. The molecule has 2 unspecified atom stereocenters. The lowest BCUT2D eigenvalue weighted by molar-refractivity contribution is -0.156. The first-order valence-corrected chi connectivity index (χ1v) is 21.3. The zero-order valence-electron chi connectivity index (χ0n) is 39.0. The summed E-state index contributed by atoms with van der Waals surface area (Å²) >= 11 is 0. The molecule has 2 atom stereocenters. The van der Waals surface area contributed by atoms with Gasteiger partial charge in [-0.25, -0.2) is 0 Å². The Morgan fingerprint density at radius 1 is 0.627 bits per heavy atom. The minimum absolute atomic E-state index is 0.0637. The molecule has 0 aliphatic heterocycles. The molecule has 0 aromatic carbocycles. The second-order valence-corrected chi connectivity index (χ2v) is 18.3. The van der Waals surface area contributed by atoms with Crippen LogP contribution < -0.4 is 0 Å². The van der Waals surface area contributed by atoms with Crippen LogP contribution in [-0.2, 0) is 23.9 Å². The Bertz CT molecular complexity index is 1810. The first-order chi connectivity index (χ1) is 27.6. The summed E-state index contributed by atoms with van der Waals surface area (Å²) in [5, 5.41) is 0. The van der Waals surface area contributed by atoms with E-state index >= 15 is 0 Å². The van der Waals surface area contributed by atoms with Crippen LogP contribution in [0.15, 0.2) is 130 Å². The minimum Gasteiger partial charge on any atom is -0.462 e. The fourth-order valence-corrected chi connectivity index (χ4v) is 7.54. The molecule has 2 aliphatic carbocycles. The smallest absolute Gasteiger partial charge is 0.306 e. The van der Waals surface area contributed by atoms with Crippen molar-refractivity contribution in [2.24, 2.45) is 10.8 Å². The molecule has 0 aromatic rings. The van der Waals surface area contributed by atoms with Crippen LogP contribution in [0.2, 0.25) is 0 Å². The third-order valence-corrected chi connectivity index (χ3v) is 10.8. The average Bonchev–Trinajstić information content (AvgIpc) is 3.11. The molecule has 0 fully saturated rings. The maximum atomic E-state index is 13.2. The van der Waals surface area contributed by atoms with Crippen LogP contribution in [0.3, 0.4) is 0 Å². The van der Waals surface area contributed by atoms with Crippen molar-refractivity contribution < 1.29 is 23.9 Å². The van der Waals surface area contributed by atoms with E-state index in [0.29, 0.717) is 31.3 Å². The fraction of sp³-hybridized carbons (Fsp3) is 0.519. The van der Waals surface area contributed by atoms with E-state index in [1.54, 1.807) is 0 Å². The van der Waals surface area contributed by atoms with Crippen LogP contribution in [-0.4, -0.2) is 81.0 Å². The van der Waals surface area contributed by atoms with Crippen molar-refractivity contribution >= 4 is 17.7 Å². The van der Waals surface area contributed by atoms with Crippen LogP contribution in [0.25, 0.3) is 0 Å². The van der Waals surface area contributed by atoms with E-state index in [9.17, 15) is 14.4 Å².